The number of nitrogens with zero attached hydrogens (tertiary/aromatic N) is 2. The molecule has 1 aromatic carbocycles. The van der Waals surface area contributed by atoms with Crippen LogP contribution >= 0.6 is 35.4 Å². The van der Waals surface area contributed by atoms with Gasteiger partial charge in [-0.25, -0.2) is 0 Å². The minimum Gasteiger partial charge on any atom is -0.481 e. The van der Waals surface area contributed by atoms with Gasteiger partial charge in [-0.1, -0.05) is 23.2 Å². The third-order valence-corrected chi connectivity index (χ3v) is 3.52. The molecule has 1 N–H and O–H groups in total. The fraction of sp³-hybridized carbons (Fsp3) is 0.333. The Balaban J connectivity index is 2.27. The van der Waals surface area contributed by atoms with Gasteiger partial charge in [-0.15, -0.1) is 0 Å². The van der Waals surface area contributed by atoms with Crippen LogP contribution in [0.25, 0.3) is 0 Å². The fourth-order valence-corrected chi connectivity index (χ4v) is 2.35. The number of benzene rings is 1. The first-order valence-corrected chi connectivity index (χ1v) is 6.96. The van der Waals surface area contributed by atoms with Gasteiger partial charge in [0.2, 0.25) is 0 Å². The molecule has 0 amide bonds. The number of hydrogen-bond acceptors (Lipinski definition) is 3. The summed E-state index contributed by atoms with van der Waals surface area (Å²) in [6.07, 6.45) is -0.288. The van der Waals surface area contributed by atoms with Gasteiger partial charge in [-0.2, -0.15) is 5.10 Å². The Morgan fingerprint density at radius 1 is 1.47 bits per heavy atom. The zero-order valence-electron chi connectivity index (χ0n) is 10.5. The Hall–Kier alpha value is -1.04. The summed E-state index contributed by atoms with van der Waals surface area (Å²) in [6.45, 7) is 4.60. The standard InChI is InChI=1S/C12H13Cl2N3OS/c1-3-17-11(15-16-12(17)19)7(2)18-10-6-8(13)4-5-9(10)14/h4-7H,3H2,1-2H3,(H,16,19). The van der Waals surface area contributed by atoms with Crippen molar-refractivity contribution in [2.45, 2.75) is 26.5 Å². The summed E-state index contributed by atoms with van der Waals surface area (Å²) in [5.41, 5.74) is 0. The van der Waals surface area contributed by atoms with Crippen LogP contribution in [0.4, 0.5) is 0 Å². The number of aromatic amines is 1. The van der Waals surface area contributed by atoms with Gasteiger partial charge in [-0.05, 0) is 38.2 Å². The van der Waals surface area contributed by atoms with Gasteiger partial charge in [0.05, 0.1) is 5.02 Å². The van der Waals surface area contributed by atoms with Crippen molar-refractivity contribution in [3.63, 3.8) is 0 Å². The van der Waals surface area contributed by atoms with Crippen LogP contribution in [0, 0.1) is 4.77 Å². The average molecular weight is 318 g/mol. The summed E-state index contributed by atoms with van der Waals surface area (Å²) in [4.78, 5) is 0. The summed E-state index contributed by atoms with van der Waals surface area (Å²) in [7, 11) is 0. The minimum atomic E-state index is -0.288. The number of aromatic nitrogens is 3. The number of rotatable bonds is 4. The second kappa shape index (κ2) is 5.94. The molecule has 0 fully saturated rings. The number of H-pyrrole nitrogens is 1. The van der Waals surface area contributed by atoms with Gasteiger partial charge < -0.3 is 9.30 Å². The van der Waals surface area contributed by atoms with E-state index in [9.17, 15) is 0 Å². The Kier molecular flexibility index (Phi) is 4.50. The van der Waals surface area contributed by atoms with Crippen molar-refractivity contribution in [1.82, 2.24) is 14.8 Å². The number of hydrogen-bond donors (Lipinski definition) is 1. The van der Waals surface area contributed by atoms with Crippen molar-refractivity contribution in [3.8, 4) is 5.75 Å². The lowest BCUT2D eigenvalue weighted by Gasteiger charge is -2.15. The van der Waals surface area contributed by atoms with E-state index in [2.05, 4.69) is 10.2 Å². The SMILES string of the molecule is CCn1c(C(C)Oc2cc(Cl)ccc2Cl)n[nH]c1=S. The molecule has 0 spiro atoms. The molecule has 102 valence electrons. The summed E-state index contributed by atoms with van der Waals surface area (Å²) in [6, 6.07) is 5.09. The highest BCUT2D eigenvalue weighted by molar-refractivity contribution is 7.71. The summed E-state index contributed by atoms with van der Waals surface area (Å²) < 4.78 is 8.25. The molecule has 2 rings (SSSR count). The first-order valence-electron chi connectivity index (χ1n) is 5.79. The van der Waals surface area contributed by atoms with Crippen LogP contribution in [0.5, 0.6) is 5.75 Å². The van der Waals surface area contributed by atoms with E-state index in [-0.39, 0.29) is 6.10 Å². The summed E-state index contributed by atoms with van der Waals surface area (Å²) in [5, 5.41) is 8.02. The first kappa shape index (κ1) is 14.4. The van der Waals surface area contributed by atoms with Crippen molar-refractivity contribution >= 4 is 35.4 Å². The molecule has 19 heavy (non-hydrogen) atoms. The lowest BCUT2D eigenvalue weighted by molar-refractivity contribution is 0.211. The topological polar surface area (TPSA) is 42.8 Å². The quantitative estimate of drug-likeness (QED) is 0.849. The van der Waals surface area contributed by atoms with E-state index >= 15 is 0 Å². The van der Waals surface area contributed by atoms with E-state index in [1.165, 1.54) is 0 Å². The predicted molar refractivity (Wildman–Crippen MR) is 78.6 cm³/mol. The van der Waals surface area contributed by atoms with E-state index in [4.69, 9.17) is 40.2 Å². The molecule has 0 aliphatic rings. The Bertz CT molecular complexity index is 638. The lowest BCUT2D eigenvalue weighted by atomic mass is 10.3. The molecule has 0 bridgehead atoms. The van der Waals surface area contributed by atoms with E-state index < -0.39 is 0 Å². The molecule has 1 atom stereocenters. The van der Waals surface area contributed by atoms with E-state index in [1.807, 2.05) is 18.4 Å². The molecule has 0 aliphatic carbocycles. The first-order chi connectivity index (χ1) is 9.02. The zero-order chi connectivity index (χ0) is 14.0. The van der Waals surface area contributed by atoms with Gasteiger partial charge >= 0.3 is 0 Å². The minimum absolute atomic E-state index is 0.288. The van der Waals surface area contributed by atoms with Crippen LogP contribution in [0.1, 0.15) is 25.8 Å². The van der Waals surface area contributed by atoms with E-state index in [0.717, 1.165) is 12.4 Å². The van der Waals surface area contributed by atoms with Crippen LogP contribution in [0.2, 0.25) is 10.0 Å². The second-order valence-electron chi connectivity index (χ2n) is 3.97. The van der Waals surface area contributed by atoms with E-state index in [1.54, 1.807) is 18.2 Å². The molecule has 4 nitrogen and oxygen atoms in total. The maximum Gasteiger partial charge on any atom is 0.195 e. The van der Waals surface area contributed by atoms with Gasteiger partial charge in [-0.3, -0.25) is 5.10 Å². The van der Waals surface area contributed by atoms with Crippen LogP contribution in [0.3, 0.4) is 0 Å². The second-order valence-corrected chi connectivity index (χ2v) is 5.20. The van der Waals surface area contributed by atoms with Gasteiger partial charge in [0.25, 0.3) is 0 Å². The van der Waals surface area contributed by atoms with Crippen molar-refractivity contribution in [2.75, 3.05) is 0 Å². The van der Waals surface area contributed by atoms with Crippen LogP contribution in [0.15, 0.2) is 18.2 Å². The van der Waals surface area contributed by atoms with Crippen LogP contribution in [-0.2, 0) is 6.54 Å². The highest BCUT2D eigenvalue weighted by Crippen LogP contribution is 2.31. The largest absolute Gasteiger partial charge is 0.481 e. The maximum absolute atomic E-state index is 6.07. The lowest BCUT2D eigenvalue weighted by Crippen LogP contribution is -2.11. The highest BCUT2D eigenvalue weighted by Gasteiger charge is 2.16. The molecule has 7 heteroatoms. The number of ether oxygens (including phenoxy) is 1. The molecular weight excluding hydrogens is 305 g/mol. The Morgan fingerprint density at radius 2 is 2.21 bits per heavy atom. The molecule has 1 unspecified atom stereocenters. The zero-order valence-corrected chi connectivity index (χ0v) is 12.8. The monoisotopic (exact) mass is 317 g/mol. The van der Waals surface area contributed by atoms with Crippen molar-refractivity contribution < 1.29 is 4.74 Å². The van der Waals surface area contributed by atoms with Gasteiger partial charge in [0.15, 0.2) is 16.7 Å². The van der Waals surface area contributed by atoms with Gasteiger partial charge in [0, 0.05) is 17.6 Å². The Morgan fingerprint density at radius 3 is 2.89 bits per heavy atom. The summed E-state index contributed by atoms with van der Waals surface area (Å²) in [5.74, 6) is 1.25. The molecular formula is C12H13Cl2N3OS. The molecule has 0 radical (unpaired) electrons. The normalized spacial score (nSPS) is 12.4. The molecule has 0 saturated carbocycles. The molecule has 1 heterocycles. The van der Waals surface area contributed by atoms with Crippen molar-refractivity contribution in [1.29, 1.82) is 0 Å². The molecule has 0 saturated heterocycles. The molecule has 0 aliphatic heterocycles. The van der Waals surface area contributed by atoms with Gasteiger partial charge in [0.1, 0.15) is 5.75 Å². The third kappa shape index (κ3) is 3.11. The van der Waals surface area contributed by atoms with Crippen molar-refractivity contribution in [3.05, 3.63) is 38.8 Å². The summed E-state index contributed by atoms with van der Waals surface area (Å²) >= 11 is 17.1. The third-order valence-electron chi connectivity index (χ3n) is 2.66. The Labute approximate surface area is 126 Å². The molecule has 2 aromatic rings. The smallest absolute Gasteiger partial charge is 0.195 e. The van der Waals surface area contributed by atoms with Crippen LogP contribution in [-0.4, -0.2) is 14.8 Å². The number of halogens is 2. The van der Waals surface area contributed by atoms with E-state index in [0.29, 0.717) is 20.6 Å². The fourth-order valence-electron chi connectivity index (χ4n) is 1.76. The highest BCUT2D eigenvalue weighted by atomic mass is 35.5. The van der Waals surface area contributed by atoms with Crippen molar-refractivity contribution in [2.24, 2.45) is 0 Å². The average Bonchev–Trinajstić information content (AvgIpc) is 2.75. The maximum atomic E-state index is 6.07. The van der Waals surface area contributed by atoms with Crippen LogP contribution < -0.4 is 4.74 Å². The molecule has 1 aromatic heterocycles. The number of nitrogens with one attached hydrogen (secondary N) is 1. The predicted octanol–water partition coefficient (Wildman–Crippen LogP) is 4.41.